The number of piperazine rings is 1. The number of likely N-dealkylation sites (tertiary alicyclic amines) is 1. The zero-order chi connectivity index (χ0) is 12.3. The molecule has 3 nitrogen and oxygen atoms in total. The molecule has 0 aromatic rings. The van der Waals surface area contributed by atoms with Gasteiger partial charge in [0, 0.05) is 45.8 Å². The highest BCUT2D eigenvalue weighted by Gasteiger charge is 2.31. The number of rotatable bonds is 3. The molecule has 0 aromatic heterocycles. The van der Waals surface area contributed by atoms with E-state index in [1.54, 1.807) is 0 Å². The molecule has 2 rings (SSSR count). The average Bonchev–Trinajstić information content (AvgIpc) is 2.76. The second-order valence-electron chi connectivity index (χ2n) is 6.74. The molecule has 0 radical (unpaired) electrons. The Balaban J connectivity index is 1.67. The Morgan fingerprint density at radius 2 is 1.65 bits per heavy atom. The van der Waals surface area contributed by atoms with Crippen LogP contribution in [0, 0.1) is 11.3 Å². The van der Waals surface area contributed by atoms with E-state index in [0.717, 1.165) is 5.92 Å². The highest BCUT2D eigenvalue weighted by Crippen LogP contribution is 2.33. The van der Waals surface area contributed by atoms with E-state index in [2.05, 4.69) is 35.9 Å². The molecule has 1 atom stereocenters. The molecule has 0 amide bonds. The molecule has 3 heteroatoms. The zero-order valence-electron chi connectivity index (χ0n) is 11.8. The van der Waals surface area contributed by atoms with Crippen molar-refractivity contribution in [2.24, 2.45) is 11.3 Å². The van der Waals surface area contributed by atoms with Gasteiger partial charge in [-0.3, -0.25) is 4.90 Å². The van der Waals surface area contributed by atoms with E-state index >= 15 is 0 Å². The molecule has 2 fully saturated rings. The summed E-state index contributed by atoms with van der Waals surface area (Å²) >= 11 is 0. The number of nitrogens with zero attached hydrogens (tertiary/aromatic N) is 2. The van der Waals surface area contributed by atoms with Gasteiger partial charge in [0.25, 0.3) is 0 Å². The van der Waals surface area contributed by atoms with Gasteiger partial charge in [-0.15, -0.1) is 0 Å². The fraction of sp³-hybridized carbons (Fsp3) is 1.00. The molecular formula is C14H29N3. The molecule has 2 aliphatic heterocycles. The molecule has 100 valence electrons. The molecule has 0 aromatic carbocycles. The topological polar surface area (TPSA) is 18.5 Å². The van der Waals surface area contributed by atoms with Crippen molar-refractivity contribution in [1.82, 2.24) is 15.1 Å². The van der Waals surface area contributed by atoms with Crippen molar-refractivity contribution in [1.29, 1.82) is 0 Å². The average molecular weight is 239 g/mol. The largest absolute Gasteiger partial charge is 0.314 e. The van der Waals surface area contributed by atoms with Crippen LogP contribution >= 0.6 is 0 Å². The lowest BCUT2D eigenvalue weighted by Gasteiger charge is -2.30. The fourth-order valence-electron chi connectivity index (χ4n) is 2.96. The monoisotopic (exact) mass is 239 g/mol. The van der Waals surface area contributed by atoms with Crippen molar-refractivity contribution >= 4 is 0 Å². The lowest BCUT2D eigenvalue weighted by Crippen LogP contribution is -2.46. The molecule has 0 bridgehead atoms. The SMILES string of the molecule is CC(C)(C)C1CCN(CCN2CCNCC2)C1. The van der Waals surface area contributed by atoms with E-state index in [1.807, 2.05) is 0 Å². The number of hydrogen-bond acceptors (Lipinski definition) is 3. The standard InChI is InChI=1S/C14H29N3/c1-14(2,3)13-4-7-17(12-13)11-10-16-8-5-15-6-9-16/h13,15H,4-12H2,1-3H3. The van der Waals surface area contributed by atoms with Gasteiger partial charge in [0.05, 0.1) is 0 Å². The van der Waals surface area contributed by atoms with E-state index in [-0.39, 0.29) is 0 Å². The van der Waals surface area contributed by atoms with Gasteiger partial charge in [-0.2, -0.15) is 0 Å². The van der Waals surface area contributed by atoms with Gasteiger partial charge in [0.15, 0.2) is 0 Å². The van der Waals surface area contributed by atoms with Crippen molar-refractivity contribution in [3.63, 3.8) is 0 Å². The van der Waals surface area contributed by atoms with Gasteiger partial charge in [-0.25, -0.2) is 0 Å². The van der Waals surface area contributed by atoms with Gasteiger partial charge >= 0.3 is 0 Å². The van der Waals surface area contributed by atoms with Crippen molar-refractivity contribution < 1.29 is 0 Å². The third-order valence-corrected chi connectivity index (χ3v) is 4.44. The van der Waals surface area contributed by atoms with Crippen molar-refractivity contribution in [3.8, 4) is 0 Å². The highest BCUT2D eigenvalue weighted by molar-refractivity contribution is 4.84. The lowest BCUT2D eigenvalue weighted by atomic mass is 9.80. The first kappa shape index (κ1) is 13.3. The Bertz CT molecular complexity index is 228. The molecule has 0 spiro atoms. The first-order valence-electron chi connectivity index (χ1n) is 7.21. The molecule has 0 saturated carbocycles. The minimum atomic E-state index is 0.490. The van der Waals surface area contributed by atoms with Gasteiger partial charge in [0.1, 0.15) is 0 Å². The van der Waals surface area contributed by atoms with Gasteiger partial charge in [-0.1, -0.05) is 20.8 Å². The van der Waals surface area contributed by atoms with Crippen LogP contribution < -0.4 is 5.32 Å². The van der Waals surface area contributed by atoms with E-state index in [9.17, 15) is 0 Å². The van der Waals surface area contributed by atoms with Crippen LogP contribution in [0.5, 0.6) is 0 Å². The molecule has 1 unspecified atom stereocenters. The Morgan fingerprint density at radius 1 is 1.00 bits per heavy atom. The summed E-state index contributed by atoms with van der Waals surface area (Å²) in [6, 6.07) is 0. The van der Waals surface area contributed by atoms with Gasteiger partial charge in [0.2, 0.25) is 0 Å². The maximum absolute atomic E-state index is 3.41. The number of hydrogen-bond donors (Lipinski definition) is 1. The molecule has 2 saturated heterocycles. The molecule has 1 N–H and O–H groups in total. The summed E-state index contributed by atoms with van der Waals surface area (Å²) in [4.78, 5) is 5.26. The molecule has 2 heterocycles. The van der Waals surface area contributed by atoms with Gasteiger partial charge < -0.3 is 10.2 Å². The quantitative estimate of drug-likeness (QED) is 0.800. The minimum absolute atomic E-state index is 0.490. The van der Waals surface area contributed by atoms with E-state index in [1.165, 1.54) is 58.8 Å². The van der Waals surface area contributed by atoms with Crippen LogP contribution in [0.4, 0.5) is 0 Å². The summed E-state index contributed by atoms with van der Waals surface area (Å²) in [5.74, 6) is 0.894. The summed E-state index contributed by atoms with van der Waals surface area (Å²) in [6.45, 7) is 17.1. The Hall–Kier alpha value is -0.120. The predicted octanol–water partition coefficient (Wildman–Crippen LogP) is 1.26. The Morgan fingerprint density at radius 3 is 2.24 bits per heavy atom. The van der Waals surface area contributed by atoms with Crippen molar-refractivity contribution in [3.05, 3.63) is 0 Å². The van der Waals surface area contributed by atoms with Crippen LogP contribution in [0.2, 0.25) is 0 Å². The number of nitrogens with one attached hydrogen (secondary N) is 1. The van der Waals surface area contributed by atoms with Crippen LogP contribution in [0.25, 0.3) is 0 Å². The van der Waals surface area contributed by atoms with E-state index in [4.69, 9.17) is 0 Å². The summed E-state index contributed by atoms with van der Waals surface area (Å²) < 4.78 is 0. The maximum atomic E-state index is 3.41. The molecule has 0 aliphatic carbocycles. The maximum Gasteiger partial charge on any atom is 0.0110 e. The zero-order valence-corrected chi connectivity index (χ0v) is 11.8. The first-order chi connectivity index (χ1) is 8.05. The van der Waals surface area contributed by atoms with Crippen molar-refractivity contribution in [2.75, 3.05) is 52.4 Å². The summed E-state index contributed by atoms with van der Waals surface area (Å²) in [5, 5.41) is 3.41. The first-order valence-corrected chi connectivity index (χ1v) is 7.21. The second-order valence-corrected chi connectivity index (χ2v) is 6.74. The third-order valence-electron chi connectivity index (χ3n) is 4.44. The second kappa shape index (κ2) is 5.68. The van der Waals surface area contributed by atoms with Crippen LogP contribution in [-0.2, 0) is 0 Å². The molecule has 2 aliphatic rings. The van der Waals surface area contributed by atoms with Crippen LogP contribution in [0.15, 0.2) is 0 Å². The smallest absolute Gasteiger partial charge is 0.0110 e. The van der Waals surface area contributed by atoms with Crippen molar-refractivity contribution in [2.45, 2.75) is 27.2 Å². The minimum Gasteiger partial charge on any atom is -0.314 e. The summed E-state index contributed by atoms with van der Waals surface area (Å²) in [5.41, 5.74) is 0.490. The van der Waals surface area contributed by atoms with E-state index < -0.39 is 0 Å². The Kier molecular flexibility index (Phi) is 4.45. The van der Waals surface area contributed by atoms with Gasteiger partial charge in [-0.05, 0) is 24.3 Å². The van der Waals surface area contributed by atoms with Crippen LogP contribution in [-0.4, -0.2) is 62.2 Å². The third kappa shape index (κ3) is 3.94. The predicted molar refractivity (Wildman–Crippen MR) is 73.3 cm³/mol. The molecule has 17 heavy (non-hydrogen) atoms. The lowest BCUT2D eigenvalue weighted by molar-refractivity contribution is 0.188. The Labute approximate surface area is 107 Å². The molecular weight excluding hydrogens is 210 g/mol. The van der Waals surface area contributed by atoms with E-state index in [0.29, 0.717) is 5.41 Å². The highest BCUT2D eigenvalue weighted by atomic mass is 15.2. The fourth-order valence-corrected chi connectivity index (χ4v) is 2.96. The van der Waals surface area contributed by atoms with Crippen LogP contribution in [0.1, 0.15) is 27.2 Å². The summed E-state index contributed by atoms with van der Waals surface area (Å²) in [6.07, 6.45) is 1.39. The van der Waals surface area contributed by atoms with Crippen LogP contribution in [0.3, 0.4) is 0 Å². The normalized spacial score (nSPS) is 28.8. The summed E-state index contributed by atoms with van der Waals surface area (Å²) in [7, 11) is 0.